The van der Waals surface area contributed by atoms with Crippen molar-refractivity contribution >= 4 is 57.9 Å². The van der Waals surface area contributed by atoms with Gasteiger partial charge in [0.2, 0.25) is 0 Å². The van der Waals surface area contributed by atoms with Gasteiger partial charge in [0.15, 0.2) is 18.1 Å². The van der Waals surface area contributed by atoms with Gasteiger partial charge >= 0.3 is 0 Å². The minimum Gasteiger partial charge on any atom is -0.490 e. The number of nitrogens with one attached hydrogen (secondary N) is 2. The molecule has 2 rings (SSSR count). The molecule has 4 N–H and O–H groups in total. The summed E-state index contributed by atoms with van der Waals surface area (Å²) in [4.78, 5) is 57.4. The number of hydrogen-bond acceptors (Lipinski definition) is 10. The van der Waals surface area contributed by atoms with Gasteiger partial charge < -0.3 is 20.5 Å². The summed E-state index contributed by atoms with van der Waals surface area (Å²) >= 11 is 1.98. The van der Waals surface area contributed by atoms with Crippen molar-refractivity contribution in [3.8, 4) is 11.5 Å². The van der Waals surface area contributed by atoms with Gasteiger partial charge in [0.1, 0.15) is 6.04 Å². The van der Waals surface area contributed by atoms with Crippen LogP contribution in [0.1, 0.15) is 43.1 Å². The number of benzene rings is 2. The molecule has 0 aromatic heterocycles. The van der Waals surface area contributed by atoms with Gasteiger partial charge in [-0.25, -0.2) is 5.43 Å². The van der Waals surface area contributed by atoms with E-state index < -0.39 is 45.0 Å². The second kappa shape index (κ2) is 14.7. The molecule has 0 bridgehead atoms. The predicted molar refractivity (Wildman–Crippen MR) is 151 cm³/mol. The van der Waals surface area contributed by atoms with Crippen molar-refractivity contribution in [3.05, 3.63) is 65.3 Å². The lowest BCUT2D eigenvalue weighted by Gasteiger charge is -2.19. The Labute approximate surface area is 241 Å². The molecular formula is C24H27IN6O9. The Hall–Kier alpha value is -4.35. The first-order valence-corrected chi connectivity index (χ1v) is 12.8. The summed E-state index contributed by atoms with van der Waals surface area (Å²) in [5, 5.41) is 28.7. The van der Waals surface area contributed by atoms with Crippen LogP contribution in [0.15, 0.2) is 35.4 Å². The lowest BCUT2D eigenvalue weighted by atomic mass is 10.0. The van der Waals surface area contributed by atoms with Crippen LogP contribution in [0.5, 0.6) is 11.5 Å². The molecule has 0 saturated heterocycles. The fourth-order valence-electron chi connectivity index (χ4n) is 3.34. The van der Waals surface area contributed by atoms with Gasteiger partial charge in [-0.2, -0.15) is 5.10 Å². The van der Waals surface area contributed by atoms with Crippen molar-refractivity contribution in [2.24, 2.45) is 16.8 Å². The SMILES string of the molecule is CCOc1cc(/C=N\NC(=O)[C@@H](CC(C)C)NC(=O)c2cc([N+](=O)[O-])cc([N+](=O)[O-])c2)cc(I)c1OCC(N)=O. The fourth-order valence-corrected chi connectivity index (χ4v) is 4.12. The maximum Gasteiger partial charge on any atom is 0.277 e. The average Bonchev–Trinajstić information content (AvgIpc) is 2.87. The molecule has 0 radical (unpaired) electrons. The molecule has 2 aromatic rings. The number of non-ortho nitro benzene ring substituents is 2. The van der Waals surface area contributed by atoms with Crippen molar-refractivity contribution in [3.63, 3.8) is 0 Å². The highest BCUT2D eigenvalue weighted by atomic mass is 127. The van der Waals surface area contributed by atoms with Crippen molar-refractivity contribution in [2.75, 3.05) is 13.2 Å². The van der Waals surface area contributed by atoms with E-state index in [1.165, 1.54) is 6.21 Å². The third kappa shape index (κ3) is 9.44. The Morgan fingerprint density at radius 2 is 1.70 bits per heavy atom. The normalized spacial score (nSPS) is 11.6. The van der Waals surface area contributed by atoms with Gasteiger partial charge in [0.25, 0.3) is 29.1 Å². The quantitative estimate of drug-likeness (QED) is 0.116. The highest BCUT2D eigenvalue weighted by Crippen LogP contribution is 2.34. The van der Waals surface area contributed by atoms with Crippen LogP contribution < -0.4 is 25.9 Å². The molecule has 3 amide bonds. The van der Waals surface area contributed by atoms with Gasteiger partial charge in [-0.15, -0.1) is 0 Å². The molecule has 0 unspecified atom stereocenters. The number of primary amides is 1. The second-order valence-corrected chi connectivity index (χ2v) is 9.82. The Kier molecular flexibility index (Phi) is 11.7. The largest absolute Gasteiger partial charge is 0.490 e. The van der Waals surface area contributed by atoms with Crippen LogP contribution in [0.4, 0.5) is 11.4 Å². The molecule has 2 aromatic carbocycles. The predicted octanol–water partition coefficient (Wildman–Crippen LogP) is 2.67. The number of hydrazone groups is 1. The Bertz CT molecular complexity index is 1300. The number of halogens is 1. The summed E-state index contributed by atoms with van der Waals surface area (Å²) in [5.74, 6) is -1.64. The van der Waals surface area contributed by atoms with Crippen molar-refractivity contribution in [1.82, 2.24) is 10.7 Å². The molecular weight excluding hydrogens is 643 g/mol. The highest BCUT2D eigenvalue weighted by molar-refractivity contribution is 14.1. The molecule has 0 heterocycles. The zero-order valence-electron chi connectivity index (χ0n) is 21.7. The van der Waals surface area contributed by atoms with E-state index >= 15 is 0 Å². The van der Waals surface area contributed by atoms with Gasteiger partial charge in [-0.3, -0.25) is 34.6 Å². The smallest absolute Gasteiger partial charge is 0.277 e. The number of ether oxygens (including phenoxy) is 2. The molecule has 0 spiro atoms. The molecule has 15 nitrogen and oxygen atoms in total. The van der Waals surface area contributed by atoms with E-state index in [0.29, 0.717) is 27.2 Å². The molecule has 0 aliphatic carbocycles. The number of nitro groups is 2. The monoisotopic (exact) mass is 670 g/mol. The number of nitrogens with two attached hydrogens (primary N) is 1. The van der Waals surface area contributed by atoms with Crippen LogP contribution in [0, 0.1) is 29.7 Å². The zero-order valence-corrected chi connectivity index (χ0v) is 23.9. The Morgan fingerprint density at radius 3 is 2.23 bits per heavy atom. The molecule has 16 heteroatoms. The molecule has 40 heavy (non-hydrogen) atoms. The van der Waals surface area contributed by atoms with Crippen LogP contribution in [0.25, 0.3) is 0 Å². The van der Waals surface area contributed by atoms with E-state index in [-0.39, 0.29) is 24.5 Å². The number of carbonyl (C=O) groups excluding carboxylic acids is 3. The third-order valence-corrected chi connectivity index (χ3v) is 5.80. The molecule has 0 fully saturated rings. The van der Waals surface area contributed by atoms with Gasteiger partial charge in [0.05, 0.1) is 37.9 Å². The van der Waals surface area contributed by atoms with Crippen LogP contribution >= 0.6 is 22.6 Å². The molecule has 0 aliphatic heterocycles. The third-order valence-electron chi connectivity index (χ3n) is 4.99. The molecule has 1 atom stereocenters. The molecule has 214 valence electrons. The number of amides is 3. The molecule has 0 aliphatic rings. The van der Waals surface area contributed by atoms with Crippen LogP contribution in [-0.4, -0.2) is 53.0 Å². The first kappa shape index (κ1) is 31.9. The number of carbonyl (C=O) groups is 3. The summed E-state index contributed by atoms with van der Waals surface area (Å²) in [7, 11) is 0. The zero-order chi connectivity index (χ0) is 30.0. The van der Waals surface area contributed by atoms with Crippen molar-refractivity contribution in [2.45, 2.75) is 33.2 Å². The minimum atomic E-state index is -1.10. The van der Waals surface area contributed by atoms with E-state index in [1.807, 2.05) is 36.4 Å². The fraction of sp³-hybridized carbons (Fsp3) is 0.333. The van der Waals surface area contributed by atoms with E-state index in [4.69, 9.17) is 15.2 Å². The van der Waals surface area contributed by atoms with E-state index in [0.717, 1.165) is 18.2 Å². The number of hydrogen-bond donors (Lipinski definition) is 3. The van der Waals surface area contributed by atoms with E-state index in [1.54, 1.807) is 19.1 Å². The summed E-state index contributed by atoms with van der Waals surface area (Å²) in [5.41, 5.74) is 6.39. The van der Waals surface area contributed by atoms with E-state index in [2.05, 4.69) is 15.8 Å². The van der Waals surface area contributed by atoms with Crippen LogP contribution in [-0.2, 0) is 9.59 Å². The van der Waals surface area contributed by atoms with Crippen molar-refractivity contribution < 1.29 is 33.7 Å². The maximum absolute atomic E-state index is 12.9. The Balaban J connectivity index is 2.23. The van der Waals surface area contributed by atoms with Crippen LogP contribution in [0.2, 0.25) is 0 Å². The minimum absolute atomic E-state index is 0.0530. The summed E-state index contributed by atoms with van der Waals surface area (Å²) in [6.45, 7) is 5.36. The van der Waals surface area contributed by atoms with E-state index in [9.17, 15) is 34.6 Å². The van der Waals surface area contributed by atoms with Gasteiger partial charge in [-0.1, -0.05) is 13.8 Å². The number of rotatable bonds is 14. The number of nitrogens with zero attached hydrogens (tertiary/aromatic N) is 3. The summed E-state index contributed by atoms with van der Waals surface area (Å²) in [6, 6.07) is 4.65. The topological polar surface area (TPSA) is 218 Å². The Morgan fingerprint density at radius 1 is 1.07 bits per heavy atom. The van der Waals surface area contributed by atoms with Crippen molar-refractivity contribution in [1.29, 1.82) is 0 Å². The first-order chi connectivity index (χ1) is 18.8. The maximum atomic E-state index is 12.9. The lowest BCUT2D eigenvalue weighted by Crippen LogP contribution is -2.46. The summed E-state index contributed by atoms with van der Waals surface area (Å²) in [6.07, 6.45) is 1.51. The van der Waals surface area contributed by atoms with Gasteiger partial charge in [0, 0.05) is 12.1 Å². The summed E-state index contributed by atoms with van der Waals surface area (Å²) < 4.78 is 11.6. The second-order valence-electron chi connectivity index (χ2n) is 8.66. The standard InChI is InChI=1S/C24H27IN6O9/c1-4-39-20-7-14(6-18(25)22(20)40-12-21(26)32)11-27-29-24(34)19(5-13(2)3)28-23(33)15-8-16(30(35)36)10-17(9-15)31(37)38/h6-11,13,19H,4-5,12H2,1-3H3,(H2,26,32)(H,28,33)(H,29,34)/b27-11-/t19-/m1/s1. The highest BCUT2D eigenvalue weighted by Gasteiger charge is 2.25. The van der Waals surface area contributed by atoms with Gasteiger partial charge in [-0.05, 0) is 59.5 Å². The average molecular weight is 670 g/mol. The van der Waals surface area contributed by atoms with Crippen LogP contribution in [0.3, 0.4) is 0 Å². The first-order valence-electron chi connectivity index (χ1n) is 11.8. The molecule has 0 saturated carbocycles. The lowest BCUT2D eigenvalue weighted by molar-refractivity contribution is -0.394. The number of nitro benzene ring substituents is 2.